The lowest BCUT2D eigenvalue weighted by molar-refractivity contribution is 0.389. The van der Waals surface area contributed by atoms with Crippen molar-refractivity contribution >= 4 is 15.9 Å². The lowest BCUT2D eigenvalue weighted by Crippen LogP contribution is -2.22. The average molecular weight is 286 g/mol. The molecule has 0 saturated heterocycles. The smallest absolute Gasteiger partial charge is 0.232 e. The molecular weight excluding hydrogens is 270 g/mol. The van der Waals surface area contributed by atoms with Crippen LogP contribution in [0.5, 0.6) is 5.88 Å². The minimum absolute atomic E-state index is 0.543. The van der Waals surface area contributed by atoms with Crippen molar-refractivity contribution in [1.82, 2.24) is 9.55 Å². The fourth-order valence-corrected chi connectivity index (χ4v) is 1.81. The predicted molar refractivity (Wildman–Crippen MR) is 67.1 cm³/mol. The zero-order valence-corrected chi connectivity index (χ0v) is 11.6. The minimum atomic E-state index is 0.543. The highest BCUT2D eigenvalue weighted by atomic mass is 79.9. The molecule has 0 bridgehead atoms. The number of methoxy groups -OCH3 is 1. The molecule has 0 atom stereocenters. The third kappa shape index (κ3) is 3.20. The first-order chi connectivity index (χ1) is 7.58. The summed E-state index contributed by atoms with van der Waals surface area (Å²) in [4.78, 5) is 8.71. The van der Waals surface area contributed by atoms with E-state index in [1.54, 1.807) is 7.11 Å². The lowest BCUT2D eigenvalue weighted by atomic mass is 10.4. The Morgan fingerprint density at radius 1 is 1.69 bits per heavy atom. The summed E-state index contributed by atoms with van der Waals surface area (Å²) in [5, 5.41) is 0. The normalized spacial score (nSPS) is 13.1. The highest BCUT2D eigenvalue weighted by Gasteiger charge is 2.02. The van der Waals surface area contributed by atoms with Gasteiger partial charge in [-0.25, -0.2) is 4.99 Å². The molecule has 1 aromatic rings. The second-order valence-corrected chi connectivity index (χ2v) is 4.23. The van der Waals surface area contributed by atoms with Crippen molar-refractivity contribution in [3.05, 3.63) is 28.1 Å². The van der Waals surface area contributed by atoms with Gasteiger partial charge in [0.15, 0.2) is 0 Å². The molecule has 1 aromatic heterocycles. The van der Waals surface area contributed by atoms with Crippen LogP contribution in [0.2, 0.25) is 0 Å². The Morgan fingerprint density at radius 2 is 2.38 bits per heavy atom. The third-order valence-electron chi connectivity index (χ3n) is 2.00. The molecule has 0 radical (unpaired) electrons. The van der Waals surface area contributed by atoms with Crippen LogP contribution in [-0.4, -0.2) is 16.7 Å². The van der Waals surface area contributed by atoms with Gasteiger partial charge < -0.3 is 9.30 Å². The van der Waals surface area contributed by atoms with Gasteiger partial charge in [0.05, 0.1) is 11.6 Å². The molecule has 0 saturated carbocycles. The molecule has 1 rings (SSSR count). The highest BCUT2D eigenvalue weighted by molar-refractivity contribution is 9.10. The molecule has 5 heteroatoms. The van der Waals surface area contributed by atoms with E-state index in [1.165, 1.54) is 0 Å². The monoisotopic (exact) mass is 285 g/mol. The Labute approximate surface area is 104 Å². The van der Waals surface area contributed by atoms with Gasteiger partial charge in [0.1, 0.15) is 0 Å². The van der Waals surface area contributed by atoms with Gasteiger partial charge in [-0.1, -0.05) is 13.0 Å². The number of hydrogen-bond acceptors (Lipinski definition) is 3. The van der Waals surface area contributed by atoms with Gasteiger partial charge in [0.2, 0.25) is 11.5 Å². The molecule has 0 spiro atoms. The minimum Gasteiger partial charge on any atom is -0.480 e. The van der Waals surface area contributed by atoms with Crippen LogP contribution in [0.25, 0.3) is 0 Å². The Bertz CT molecular complexity index is 463. The van der Waals surface area contributed by atoms with Crippen molar-refractivity contribution in [3.63, 3.8) is 0 Å². The summed E-state index contributed by atoms with van der Waals surface area (Å²) in [5.41, 5.74) is 1.58. The van der Waals surface area contributed by atoms with Crippen LogP contribution >= 0.6 is 15.9 Å². The zero-order chi connectivity index (χ0) is 12.1. The van der Waals surface area contributed by atoms with Gasteiger partial charge in [0.25, 0.3) is 0 Å². The van der Waals surface area contributed by atoms with Crippen LogP contribution in [0.3, 0.4) is 0 Å². The maximum atomic E-state index is 5.13. The standard InChI is InChI=1S/C11H16BrN3O/c1-5-6-8(2)13-11-14-10(16-4)9(12)7-15(11)3/h6-7H,5H2,1-4H3/b8-6-,13-11?. The van der Waals surface area contributed by atoms with Crippen LogP contribution in [0.4, 0.5) is 0 Å². The van der Waals surface area contributed by atoms with E-state index >= 15 is 0 Å². The highest BCUT2D eigenvalue weighted by Crippen LogP contribution is 2.18. The first kappa shape index (κ1) is 13.0. The fourth-order valence-electron chi connectivity index (χ4n) is 1.25. The van der Waals surface area contributed by atoms with Crippen molar-refractivity contribution in [1.29, 1.82) is 0 Å². The summed E-state index contributed by atoms with van der Waals surface area (Å²) in [6, 6.07) is 0. The molecule has 0 aromatic carbocycles. The van der Waals surface area contributed by atoms with E-state index in [0.29, 0.717) is 11.5 Å². The second kappa shape index (κ2) is 5.84. The molecule has 0 aliphatic carbocycles. The van der Waals surface area contributed by atoms with Gasteiger partial charge in [-0.2, -0.15) is 4.98 Å². The van der Waals surface area contributed by atoms with E-state index in [4.69, 9.17) is 4.74 Å². The topological polar surface area (TPSA) is 39.4 Å². The second-order valence-electron chi connectivity index (χ2n) is 3.37. The molecular formula is C11H16BrN3O. The number of nitrogens with zero attached hydrogens (tertiary/aromatic N) is 3. The number of allylic oxidation sites excluding steroid dienone is 2. The van der Waals surface area contributed by atoms with Crippen LogP contribution in [-0.2, 0) is 7.05 Å². The predicted octanol–water partition coefficient (Wildman–Crippen LogP) is 2.41. The summed E-state index contributed by atoms with van der Waals surface area (Å²) in [5.74, 6) is 0.543. The molecule has 4 nitrogen and oxygen atoms in total. The van der Waals surface area contributed by atoms with E-state index in [2.05, 4.69) is 38.9 Å². The number of rotatable bonds is 3. The molecule has 0 N–H and O–H groups in total. The third-order valence-corrected chi connectivity index (χ3v) is 2.54. The molecule has 0 aliphatic heterocycles. The lowest BCUT2D eigenvalue weighted by Gasteiger charge is -2.05. The molecule has 88 valence electrons. The van der Waals surface area contributed by atoms with E-state index < -0.39 is 0 Å². The summed E-state index contributed by atoms with van der Waals surface area (Å²) in [7, 11) is 3.49. The van der Waals surface area contributed by atoms with E-state index in [1.807, 2.05) is 24.7 Å². The first-order valence-corrected chi connectivity index (χ1v) is 5.86. The van der Waals surface area contributed by atoms with Gasteiger partial charge in [-0.15, -0.1) is 0 Å². The Morgan fingerprint density at radius 3 is 2.94 bits per heavy atom. The SMILES string of the molecule is CC/C=C(/C)N=c1nc(OC)c(Br)cn1C. The fraction of sp³-hybridized carbons (Fsp3) is 0.455. The maximum absolute atomic E-state index is 5.13. The van der Waals surface area contributed by atoms with Gasteiger partial charge in [0, 0.05) is 18.9 Å². The van der Waals surface area contributed by atoms with Crippen molar-refractivity contribution in [2.75, 3.05) is 7.11 Å². The molecule has 1 heterocycles. The van der Waals surface area contributed by atoms with Crippen molar-refractivity contribution in [2.24, 2.45) is 12.0 Å². The number of ether oxygens (including phenoxy) is 1. The average Bonchev–Trinajstić information content (AvgIpc) is 2.22. The zero-order valence-electron chi connectivity index (χ0n) is 9.99. The van der Waals surface area contributed by atoms with Gasteiger partial charge in [-0.3, -0.25) is 0 Å². The van der Waals surface area contributed by atoms with Crippen molar-refractivity contribution < 1.29 is 4.74 Å². The summed E-state index contributed by atoms with van der Waals surface area (Å²) >= 11 is 3.37. The summed E-state index contributed by atoms with van der Waals surface area (Å²) in [6.07, 6.45) is 4.90. The van der Waals surface area contributed by atoms with Crippen LogP contribution in [0.1, 0.15) is 20.3 Å². The number of hydrogen-bond donors (Lipinski definition) is 0. The number of aromatic nitrogens is 2. The molecule has 0 aliphatic rings. The van der Waals surface area contributed by atoms with Crippen LogP contribution in [0.15, 0.2) is 27.4 Å². The molecule has 0 fully saturated rings. The van der Waals surface area contributed by atoms with E-state index in [-0.39, 0.29) is 0 Å². The van der Waals surface area contributed by atoms with Gasteiger partial charge >= 0.3 is 0 Å². The largest absolute Gasteiger partial charge is 0.480 e. The first-order valence-electron chi connectivity index (χ1n) is 5.07. The molecule has 0 amide bonds. The van der Waals surface area contributed by atoms with Crippen molar-refractivity contribution in [2.45, 2.75) is 20.3 Å². The van der Waals surface area contributed by atoms with E-state index in [0.717, 1.165) is 16.6 Å². The van der Waals surface area contributed by atoms with Crippen molar-refractivity contribution in [3.8, 4) is 5.88 Å². The number of aryl methyl sites for hydroxylation is 1. The Hall–Kier alpha value is -1.10. The van der Waals surface area contributed by atoms with Crippen LogP contribution in [0, 0.1) is 0 Å². The number of halogens is 1. The quantitative estimate of drug-likeness (QED) is 0.856. The summed E-state index contributed by atoms with van der Waals surface area (Å²) < 4.78 is 7.79. The van der Waals surface area contributed by atoms with E-state index in [9.17, 15) is 0 Å². The maximum Gasteiger partial charge on any atom is 0.232 e. The molecule has 16 heavy (non-hydrogen) atoms. The molecule has 0 unspecified atom stereocenters. The summed E-state index contributed by atoms with van der Waals surface area (Å²) in [6.45, 7) is 4.04. The van der Waals surface area contributed by atoms with Crippen LogP contribution < -0.4 is 10.4 Å². The van der Waals surface area contributed by atoms with Gasteiger partial charge in [-0.05, 0) is 29.3 Å². The Balaban J connectivity index is 3.28. The Kier molecular flexibility index (Phi) is 4.73.